The molecule has 1 aliphatic carbocycles. The van der Waals surface area contributed by atoms with Crippen molar-refractivity contribution in [3.05, 3.63) is 47.5 Å². The molecule has 1 amide bonds. The first-order chi connectivity index (χ1) is 12.6. The Balaban J connectivity index is 1.34. The van der Waals surface area contributed by atoms with Crippen LogP contribution in [-0.4, -0.2) is 38.7 Å². The number of aromatic nitrogens is 3. The summed E-state index contributed by atoms with van der Waals surface area (Å²) < 4.78 is 29.3. The number of carbonyl (C=O) groups is 1. The van der Waals surface area contributed by atoms with Crippen molar-refractivity contribution in [2.45, 2.75) is 38.6 Å². The van der Waals surface area contributed by atoms with E-state index >= 15 is 0 Å². The van der Waals surface area contributed by atoms with Crippen LogP contribution >= 0.6 is 0 Å². The van der Waals surface area contributed by atoms with Crippen molar-refractivity contribution in [1.82, 2.24) is 19.7 Å². The lowest BCUT2D eigenvalue weighted by atomic mass is 9.92. The number of nitrogens with zero attached hydrogens (tertiary/aromatic N) is 4. The monoisotopic (exact) mass is 360 g/mol. The molecule has 2 fully saturated rings. The Bertz CT molecular complexity index is 795. The molecule has 2 aliphatic rings. The van der Waals surface area contributed by atoms with E-state index in [2.05, 4.69) is 14.8 Å². The first-order valence-corrected chi connectivity index (χ1v) is 9.21. The second-order valence-corrected chi connectivity index (χ2v) is 7.41. The molecule has 0 atom stereocenters. The molecular formula is C19H22F2N4O. The SMILES string of the molecule is O=C(c1cc(F)ccc1F)N1CCC(Cc2nncn2CC2CC2)CC1. The number of hydrogen-bond donors (Lipinski definition) is 0. The molecule has 2 heterocycles. The Hall–Kier alpha value is -2.31. The second-order valence-electron chi connectivity index (χ2n) is 7.41. The van der Waals surface area contributed by atoms with Gasteiger partial charge in [-0.05, 0) is 55.7 Å². The highest BCUT2D eigenvalue weighted by Crippen LogP contribution is 2.31. The molecule has 26 heavy (non-hydrogen) atoms. The fourth-order valence-electron chi connectivity index (χ4n) is 3.60. The number of benzene rings is 1. The van der Waals surface area contributed by atoms with Crippen molar-refractivity contribution in [2.75, 3.05) is 13.1 Å². The molecule has 4 rings (SSSR count). The standard InChI is InChI=1S/C19H22F2N4O/c20-15-3-4-17(21)16(10-15)19(26)24-7-5-13(6-8-24)9-18-23-22-12-25(18)11-14-1-2-14/h3-4,10,12-14H,1-2,5-9,11H2. The van der Waals surface area contributed by atoms with E-state index in [4.69, 9.17) is 0 Å². The van der Waals surface area contributed by atoms with Gasteiger partial charge >= 0.3 is 0 Å². The normalized spacial score (nSPS) is 18.3. The van der Waals surface area contributed by atoms with Gasteiger partial charge in [0.1, 0.15) is 23.8 Å². The molecule has 0 bridgehead atoms. The zero-order valence-electron chi connectivity index (χ0n) is 14.6. The molecule has 0 spiro atoms. The van der Waals surface area contributed by atoms with Crippen LogP contribution in [0.2, 0.25) is 0 Å². The first kappa shape index (κ1) is 17.1. The van der Waals surface area contributed by atoms with Gasteiger partial charge in [-0.25, -0.2) is 8.78 Å². The van der Waals surface area contributed by atoms with Gasteiger partial charge in [0.05, 0.1) is 5.56 Å². The highest BCUT2D eigenvalue weighted by Gasteiger charge is 2.28. The van der Waals surface area contributed by atoms with Gasteiger partial charge in [0.25, 0.3) is 5.91 Å². The maximum atomic E-state index is 13.8. The van der Waals surface area contributed by atoms with Crippen LogP contribution in [0.4, 0.5) is 8.78 Å². The largest absolute Gasteiger partial charge is 0.339 e. The lowest BCUT2D eigenvalue weighted by molar-refractivity contribution is 0.0684. The molecule has 1 saturated carbocycles. The number of carbonyl (C=O) groups excluding carboxylic acids is 1. The van der Waals surface area contributed by atoms with Gasteiger partial charge < -0.3 is 9.47 Å². The Morgan fingerprint density at radius 1 is 1.12 bits per heavy atom. The van der Waals surface area contributed by atoms with Gasteiger partial charge in [0.15, 0.2) is 0 Å². The molecule has 0 unspecified atom stereocenters. The Morgan fingerprint density at radius 3 is 2.62 bits per heavy atom. The fraction of sp³-hybridized carbons (Fsp3) is 0.526. The summed E-state index contributed by atoms with van der Waals surface area (Å²) in [6, 6.07) is 3.00. The van der Waals surface area contributed by atoms with Crippen molar-refractivity contribution in [3.63, 3.8) is 0 Å². The van der Waals surface area contributed by atoms with Gasteiger partial charge in [-0.15, -0.1) is 10.2 Å². The van der Waals surface area contributed by atoms with E-state index in [0.717, 1.165) is 55.7 Å². The molecule has 138 valence electrons. The van der Waals surface area contributed by atoms with E-state index < -0.39 is 17.5 Å². The van der Waals surface area contributed by atoms with E-state index in [0.29, 0.717) is 19.0 Å². The molecule has 2 aromatic rings. The van der Waals surface area contributed by atoms with Gasteiger partial charge in [-0.3, -0.25) is 4.79 Å². The molecule has 5 nitrogen and oxygen atoms in total. The summed E-state index contributed by atoms with van der Waals surface area (Å²) in [5.74, 6) is 0.505. The van der Waals surface area contributed by atoms with Crippen molar-refractivity contribution >= 4 is 5.91 Å². The predicted octanol–water partition coefficient (Wildman–Crippen LogP) is 3.06. The zero-order chi connectivity index (χ0) is 18.1. The van der Waals surface area contributed by atoms with E-state index in [-0.39, 0.29) is 5.56 Å². The quantitative estimate of drug-likeness (QED) is 0.823. The molecule has 1 aromatic heterocycles. The van der Waals surface area contributed by atoms with E-state index in [1.54, 1.807) is 11.2 Å². The van der Waals surface area contributed by atoms with Gasteiger partial charge in [0, 0.05) is 26.1 Å². The Morgan fingerprint density at radius 2 is 1.88 bits per heavy atom. The third-order valence-electron chi connectivity index (χ3n) is 5.38. The van der Waals surface area contributed by atoms with E-state index in [1.165, 1.54) is 12.8 Å². The zero-order valence-corrected chi connectivity index (χ0v) is 14.6. The minimum absolute atomic E-state index is 0.187. The van der Waals surface area contributed by atoms with Crippen LogP contribution in [0.15, 0.2) is 24.5 Å². The average molecular weight is 360 g/mol. The summed E-state index contributed by atoms with van der Waals surface area (Å²) in [7, 11) is 0. The van der Waals surface area contributed by atoms with Crippen molar-refractivity contribution in [3.8, 4) is 0 Å². The minimum atomic E-state index is -0.674. The fourth-order valence-corrected chi connectivity index (χ4v) is 3.60. The molecule has 7 heteroatoms. The van der Waals surface area contributed by atoms with Crippen molar-refractivity contribution < 1.29 is 13.6 Å². The number of halogens is 2. The molecule has 1 aromatic carbocycles. The van der Waals surface area contributed by atoms with E-state index in [1.807, 2.05) is 0 Å². The maximum absolute atomic E-state index is 13.8. The summed E-state index contributed by atoms with van der Waals surface area (Å²) in [4.78, 5) is 14.1. The number of rotatable bonds is 5. The van der Waals surface area contributed by atoms with Crippen LogP contribution in [0.1, 0.15) is 41.9 Å². The lowest BCUT2D eigenvalue weighted by Gasteiger charge is -2.32. The third-order valence-corrected chi connectivity index (χ3v) is 5.38. The Kier molecular flexibility index (Phi) is 4.70. The smallest absolute Gasteiger partial charge is 0.256 e. The molecule has 0 radical (unpaired) electrons. The lowest BCUT2D eigenvalue weighted by Crippen LogP contribution is -2.39. The number of amides is 1. The van der Waals surface area contributed by atoms with Crippen LogP contribution in [0.3, 0.4) is 0 Å². The average Bonchev–Trinajstić information content (AvgIpc) is 3.36. The van der Waals surface area contributed by atoms with Gasteiger partial charge in [-0.2, -0.15) is 0 Å². The molecular weight excluding hydrogens is 338 g/mol. The van der Waals surface area contributed by atoms with Crippen LogP contribution in [0.25, 0.3) is 0 Å². The van der Waals surface area contributed by atoms with Crippen LogP contribution in [-0.2, 0) is 13.0 Å². The van der Waals surface area contributed by atoms with Crippen LogP contribution in [0.5, 0.6) is 0 Å². The van der Waals surface area contributed by atoms with Crippen LogP contribution in [0, 0.1) is 23.5 Å². The second kappa shape index (κ2) is 7.13. The topological polar surface area (TPSA) is 51.0 Å². The van der Waals surface area contributed by atoms with Crippen molar-refractivity contribution in [1.29, 1.82) is 0 Å². The summed E-state index contributed by atoms with van der Waals surface area (Å²) in [6.45, 7) is 2.10. The molecule has 0 N–H and O–H groups in total. The summed E-state index contributed by atoms with van der Waals surface area (Å²) in [6.07, 6.45) is 6.89. The third kappa shape index (κ3) is 3.76. The summed E-state index contributed by atoms with van der Waals surface area (Å²) in [5, 5.41) is 8.30. The van der Waals surface area contributed by atoms with Crippen molar-refractivity contribution in [2.24, 2.45) is 11.8 Å². The molecule has 1 saturated heterocycles. The van der Waals surface area contributed by atoms with Gasteiger partial charge in [-0.1, -0.05) is 0 Å². The number of hydrogen-bond acceptors (Lipinski definition) is 3. The first-order valence-electron chi connectivity index (χ1n) is 9.21. The van der Waals surface area contributed by atoms with Gasteiger partial charge in [0.2, 0.25) is 0 Å². The predicted molar refractivity (Wildman–Crippen MR) is 91.4 cm³/mol. The minimum Gasteiger partial charge on any atom is -0.339 e. The summed E-state index contributed by atoms with van der Waals surface area (Å²) >= 11 is 0. The van der Waals surface area contributed by atoms with E-state index in [9.17, 15) is 13.6 Å². The number of piperidine rings is 1. The maximum Gasteiger partial charge on any atom is 0.256 e. The van der Waals surface area contributed by atoms with Crippen LogP contribution < -0.4 is 0 Å². The highest BCUT2D eigenvalue weighted by molar-refractivity contribution is 5.94. The Labute approximate surface area is 151 Å². The molecule has 1 aliphatic heterocycles. The summed E-state index contributed by atoms with van der Waals surface area (Å²) in [5.41, 5.74) is -0.187. The number of likely N-dealkylation sites (tertiary alicyclic amines) is 1. The highest BCUT2D eigenvalue weighted by atomic mass is 19.1.